The number of nitrogens with zero attached hydrogens (tertiary/aromatic N) is 5. The lowest BCUT2D eigenvalue weighted by atomic mass is 9.96. The Bertz CT molecular complexity index is 1720. The summed E-state index contributed by atoms with van der Waals surface area (Å²) in [5, 5.41) is 15.4. The van der Waals surface area contributed by atoms with E-state index in [0.717, 1.165) is 55.5 Å². The molecule has 1 unspecified atom stereocenters. The Morgan fingerprint density at radius 2 is 1.67 bits per heavy atom. The number of anilines is 3. The van der Waals surface area contributed by atoms with Gasteiger partial charge in [0.2, 0.25) is 5.95 Å². The number of pyridine rings is 1. The number of nitrogens with one attached hydrogen (secondary N) is 1. The minimum absolute atomic E-state index is 0.0279. The summed E-state index contributed by atoms with van der Waals surface area (Å²) in [4.78, 5) is 40.0. The van der Waals surface area contributed by atoms with Crippen LogP contribution in [0.1, 0.15) is 75.3 Å². The molecule has 2 fully saturated rings. The number of piperazine rings is 1. The van der Waals surface area contributed by atoms with Gasteiger partial charge in [0.05, 0.1) is 5.56 Å². The number of carbonyl (C=O) groups is 1. The largest absolute Gasteiger partial charge is 0.444 e. The maximum atomic E-state index is 14.1. The fourth-order valence-electron chi connectivity index (χ4n) is 6.40. The molecule has 1 aliphatic carbocycles. The van der Waals surface area contributed by atoms with Crippen molar-refractivity contribution in [2.75, 3.05) is 36.4 Å². The molecule has 10 nitrogen and oxygen atoms in total. The maximum absolute atomic E-state index is 14.1. The average molecular weight is 611 g/mol. The van der Waals surface area contributed by atoms with Crippen molar-refractivity contribution in [2.45, 2.75) is 71.1 Å². The average Bonchev–Trinajstić information content (AvgIpc) is 3.56. The molecule has 2 aromatic heterocycles. The number of aromatic nitrogens is 3. The van der Waals surface area contributed by atoms with Crippen LogP contribution >= 0.6 is 0 Å². The molecule has 45 heavy (non-hydrogen) atoms. The van der Waals surface area contributed by atoms with E-state index in [1.165, 1.54) is 0 Å². The van der Waals surface area contributed by atoms with Crippen molar-refractivity contribution in [1.82, 2.24) is 19.4 Å². The van der Waals surface area contributed by atoms with Gasteiger partial charge >= 0.3 is 6.09 Å². The van der Waals surface area contributed by atoms with Crippen LogP contribution in [0.25, 0.3) is 11.0 Å². The number of hydrogen-bond acceptors (Lipinski definition) is 8. The minimum atomic E-state index is -1.03. The van der Waals surface area contributed by atoms with Gasteiger partial charge in [-0.05, 0) is 75.9 Å². The minimum Gasteiger partial charge on any atom is -0.444 e. The van der Waals surface area contributed by atoms with Crippen LogP contribution in [-0.4, -0.2) is 62.4 Å². The van der Waals surface area contributed by atoms with Gasteiger partial charge in [0.1, 0.15) is 17.4 Å². The Morgan fingerprint density at radius 3 is 2.31 bits per heavy atom. The molecule has 1 atom stereocenters. The summed E-state index contributed by atoms with van der Waals surface area (Å²) >= 11 is 0. The molecule has 6 rings (SSSR count). The van der Waals surface area contributed by atoms with E-state index in [4.69, 9.17) is 9.72 Å². The van der Waals surface area contributed by atoms with E-state index in [2.05, 4.69) is 15.2 Å². The van der Waals surface area contributed by atoms with Crippen LogP contribution in [0.3, 0.4) is 0 Å². The van der Waals surface area contributed by atoms with Crippen LogP contribution in [-0.2, 0) is 4.74 Å². The highest BCUT2D eigenvalue weighted by atomic mass is 16.6. The number of aliphatic hydroxyl groups excluding tert-OH is 1. The predicted octanol–water partition coefficient (Wildman–Crippen LogP) is 6.10. The van der Waals surface area contributed by atoms with E-state index in [1.54, 1.807) is 15.7 Å². The summed E-state index contributed by atoms with van der Waals surface area (Å²) in [7, 11) is 0. The van der Waals surface area contributed by atoms with E-state index in [1.807, 2.05) is 82.3 Å². The summed E-state index contributed by atoms with van der Waals surface area (Å²) in [5.41, 5.74) is 3.55. The molecule has 1 saturated carbocycles. The third kappa shape index (κ3) is 6.51. The smallest absolute Gasteiger partial charge is 0.410 e. The zero-order valence-electron chi connectivity index (χ0n) is 26.5. The van der Waals surface area contributed by atoms with Gasteiger partial charge in [-0.15, -0.1) is 0 Å². The van der Waals surface area contributed by atoms with Crippen LogP contribution in [0.5, 0.6) is 0 Å². The molecule has 1 aliphatic heterocycles. The van der Waals surface area contributed by atoms with Gasteiger partial charge in [-0.1, -0.05) is 43.2 Å². The van der Waals surface area contributed by atoms with Crippen molar-refractivity contribution in [1.29, 1.82) is 0 Å². The van der Waals surface area contributed by atoms with Crippen molar-refractivity contribution in [3.8, 4) is 0 Å². The second kappa shape index (κ2) is 12.5. The quantitative estimate of drug-likeness (QED) is 0.270. The monoisotopic (exact) mass is 610 g/mol. The van der Waals surface area contributed by atoms with Crippen LogP contribution < -0.4 is 15.8 Å². The summed E-state index contributed by atoms with van der Waals surface area (Å²) in [5.74, 6) is 0.406. The van der Waals surface area contributed by atoms with Crippen molar-refractivity contribution in [3.05, 3.63) is 87.8 Å². The molecule has 0 bridgehead atoms. The molecular formula is C35H42N6O4. The molecule has 0 radical (unpaired) electrons. The van der Waals surface area contributed by atoms with Crippen LogP contribution in [0.4, 0.5) is 22.1 Å². The zero-order chi connectivity index (χ0) is 31.7. The first kappa shape index (κ1) is 30.6. The van der Waals surface area contributed by atoms with E-state index in [-0.39, 0.29) is 17.7 Å². The molecule has 1 amide bonds. The first-order chi connectivity index (χ1) is 21.6. The third-order valence-electron chi connectivity index (χ3n) is 8.75. The Morgan fingerprint density at radius 1 is 1.00 bits per heavy atom. The molecule has 2 aromatic carbocycles. The highest BCUT2D eigenvalue weighted by molar-refractivity contribution is 5.81. The summed E-state index contributed by atoms with van der Waals surface area (Å²) in [6.45, 7) is 10.2. The number of carbonyl (C=O) groups excluding carboxylic acids is 1. The molecule has 10 heteroatoms. The first-order valence-corrected chi connectivity index (χ1v) is 15.8. The van der Waals surface area contributed by atoms with Crippen molar-refractivity contribution in [2.24, 2.45) is 0 Å². The lowest BCUT2D eigenvalue weighted by Crippen LogP contribution is -2.50. The lowest BCUT2D eigenvalue weighted by molar-refractivity contribution is 0.0240. The molecule has 0 spiro atoms. The second-order valence-corrected chi connectivity index (χ2v) is 13.0. The number of rotatable bonds is 6. The number of fused-ring (bicyclic) bond motifs is 1. The Kier molecular flexibility index (Phi) is 8.50. The highest BCUT2D eigenvalue weighted by Crippen LogP contribution is 2.34. The Hall–Kier alpha value is -4.44. The molecule has 4 aromatic rings. The van der Waals surface area contributed by atoms with Crippen molar-refractivity contribution in [3.63, 3.8) is 0 Å². The van der Waals surface area contributed by atoms with Crippen LogP contribution in [0.2, 0.25) is 0 Å². The van der Waals surface area contributed by atoms with Crippen molar-refractivity contribution >= 4 is 34.4 Å². The lowest BCUT2D eigenvalue weighted by Gasteiger charge is -2.36. The summed E-state index contributed by atoms with van der Waals surface area (Å²) < 4.78 is 7.31. The van der Waals surface area contributed by atoms with Crippen LogP contribution in [0.15, 0.2) is 65.6 Å². The van der Waals surface area contributed by atoms with Gasteiger partial charge in [0, 0.05) is 55.2 Å². The molecule has 236 valence electrons. The first-order valence-electron chi connectivity index (χ1n) is 15.8. The topological polar surface area (TPSA) is 113 Å². The summed E-state index contributed by atoms with van der Waals surface area (Å²) in [6, 6.07) is 17.4. The Labute approximate surface area is 263 Å². The second-order valence-electron chi connectivity index (χ2n) is 13.0. The van der Waals surface area contributed by atoms with Gasteiger partial charge in [-0.2, -0.15) is 4.98 Å². The molecule has 2 N–H and O–H groups in total. The van der Waals surface area contributed by atoms with Crippen molar-refractivity contribution < 1.29 is 14.6 Å². The fraction of sp³-hybridized carbons (Fsp3) is 0.429. The van der Waals surface area contributed by atoms with Gasteiger partial charge in [-0.25, -0.2) is 9.78 Å². The molecule has 1 saturated heterocycles. The standard InChI is InChI=1S/C35H42N6O4/c1-23-28-22-36-33(37-25-14-16-26(17-15-25)39-18-20-40(21-19-39)34(44)45-35(2,3)4)38-31(28)41(27-12-8-9-13-27)32(43)29(23)30(42)24-10-6-5-7-11-24/h5-7,10-11,14-17,22,27,30,42H,8-9,12-13,18-21H2,1-4H3,(H,36,37,38). The molecule has 2 aliphatic rings. The highest BCUT2D eigenvalue weighted by Gasteiger charge is 2.28. The SMILES string of the molecule is Cc1c(C(O)c2ccccc2)c(=O)n(C2CCCC2)c2nc(Nc3ccc(N4CCN(C(=O)OC(C)(C)C)CC4)cc3)ncc12. The molecule has 3 heterocycles. The van der Waals surface area contributed by atoms with Gasteiger partial charge in [0.15, 0.2) is 0 Å². The number of aryl methyl sites for hydroxylation is 1. The molecular weight excluding hydrogens is 568 g/mol. The van der Waals surface area contributed by atoms with E-state index in [0.29, 0.717) is 41.4 Å². The normalized spacial score (nSPS) is 16.6. The van der Waals surface area contributed by atoms with E-state index >= 15 is 0 Å². The van der Waals surface area contributed by atoms with Gasteiger partial charge < -0.3 is 25.0 Å². The van der Waals surface area contributed by atoms with Gasteiger partial charge in [0.25, 0.3) is 5.56 Å². The third-order valence-corrected chi connectivity index (χ3v) is 8.75. The Balaban J connectivity index is 1.23. The maximum Gasteiger partial charge on any atom is 0.410 e. The zero-order valence-corrected chi connectivity index (χ0v) is 26.5. The van der Waals surface area contributed by atoms with Gasteiger partial charge in [-0.3, -0.25) is 9.36 Å². The van der Waals surface area contributed by atoms with Crippen LogP contribution in [0, 0.1) is 6.92 Å². The fourth-order valence-corrected chi connectivity index (χ4v) is 6.40. The predicted molar refractivity (Wildman–Crippen MR) is 176 cm³/mol. The number of aliphatic hydroxyl groups is 1. The van der Waals surface area contributed by atoms with E-state index in [9.17, 15) is 14.7 Å². The number of hydrogen-bond donors (Lipinski definition) is 2. The number of ether oxygens (including phenoxy) is 1. The van der Waals surface area contributed by atoms with E-state index < -0.39 is 11.7 Å². The summed E-state index contributed by atoms with van der Waals surface area (Å²) in [6.07, 6.45) is 4.37. The number of amides is 1. The number of benzene rings is 2.